The third-order valence-electron chi connectivity index (χ3n) is 0.875. The van der Waals surface area contributed by atoms with Crippen LogP contribution in [0, 0.1) is 0 Å². The van der Waals surface area contributed by atoms with Gasteiger partial charge in [0.25, 0.3) is 5.95 Å². The summed E-state index contributed by atoms with van der Waals surface area (Å²) in [5, 5.41) is 16.3. The van der Waals surface area contributed by atoms with Gasteiger partial charge >= 0.3 is 5.69 Å². The fourth-order valence-corrected chi connectivity index (χ4v) is 0.440. The van der Waals surface area contributed by atoms with Crippen molar-refractivity contribution in [2.75, 3.05) is 12.9 Å². The normalized spacial score (nSPS) is 10.6. The van der Waals surface area contributed by atoms with Gasteiger partial charge in [0.05, 0.1) is 0 Å². The smallest absolute Gasteiger partial charge is 0.332 e. The maximum atomic E-state index is 10.6. The van der Waals surface area contributed by atoms with Crippen molar-refractivity contribution in [1.82, 2.24) is 20.1 Å². The third kappa shape index (κ3) is 1.34. The number of azo groups is 1. The Morgan fingerprint density at radius 1 is 1.55 bits per heavy atom. The highest BCUT2D eigenvalue weighted by Crippen LogP contribution is 1.96. The van der Waals surface area contributed by atoms with Crippen molar-refractivity contribution in [3.8, 4) is 0 Å². The quantitative estimate of drug-likeness (QED) is 0.390. The Balaban J connectivity index is 3.27. The monoisotopic (exact) mass is 155 g/mol. The average Bonchev–Trinajstić information content (AvgIpc) is 1.99. The first-order valence-corrected chi connectivity index (χ1v) is 2.63. The Bertz CT molecular complexity index is 327. The molecule has 58 valence electrons. The lowest BCUT2D eigenvalue weighted by molar-refractivity contribution is 0.706. The number of aromatic nitrogens is 4. The van der Waals surface area contributed by atoms with Crippen LogP contribution in [0.3, 0.4) is 0 Å². The van der Waals surface area contributed by atoms with Gasteiger partial charge in [0.15, 0.2) is 0 Å². The van der Waals surface area contributed by atoms with Crippen LogP contribution >= 0.6 is 0 Å². The van der Waals surface area contributed by atoms with Crippen LogP contribution in [0.25, 0.3) is 0 Å². The SMILES string of the molecule is CN=Nc1nnnc(=O)n1N. The summed E-state index contributed by atoms with van der Waals surface area (Å²) in [5.74, 6) is 5.08. The summed E-state index contributed by atoms with van der Waals surface area (Å²) in [6.07, 6.45) is 0. The van der Waals surface area contributed by atoms with Gasteiger partial charge in [-0.05, 0) is 5.21 Å². The molecule has 1 rings (SSSR count). The predicted octanol–water partition coefficient (Wildman–Crippen LogP) is -1.54. The number of hydrogen-bond donors (Lipinski definition) is 1. The molecule has 0 aliphatic carbocycles. The number of hydrogen-bond acceptors (Lipinski definition) is 7. The molecule has 0 aliphatic heterocycles. The van der Waals surface area contributed by atoms with E-state index in [2.05, 4.69) is 25.6 Å². The molecule has 0 saturated heterocycles. The molecule has 8 heteroatoms. The molecule has 1 aromatic rings. The molecule has 11 heavy (non-hydrogen) atoms. The lowest BCUT2D eigenvalue weighted by atomic mass is 11.0. The molecule has 0 saturated carbocycles. The second-order valence-electron chi connectivity index (χ2n) is 1.54. The van der Waals surface area contributed by atoms with Crippen LogP contribution in [0.15, 0.2) is 15.0 Å². The Morgan fingerprint density at radius 2 is 2.27 bits per heavy atom. The van der Waals surface area contributed by atoms with Gasteiger partial charge in [-0.3, -0.25) is 0 Å². The maximum absolute atomic E-state index is 10.6. The zero-order chi connectivity index (χ0) is 8.27. The summed E-state index contributed by atoms with van der Waals surface area (Å²) in [5.41, 5.74) is -0.720. The van der Waals surface area contributed by atoms with Gasteiger partial charge in [0.2, 0.25) is 0 Å². The molecule has 0 unspecified atom stereocenters. The standard InChI is InChI=1S/C3H5N7O/c1-5-6-2-7-9-8-3(11)10(2)4/h4H2,1H3. The largest absolute Gasteiger partial charge is 0.389 e. The lowest BCUT2D eigenvalue weighted by Crippen LogP contribution is -2.30. The number of rotatable bonds is 1. The minimum atomic E-state index is -0.720. The van der Waals surface area contributed by atoms with E-state index >= 15 is 0 Å². The molecule has 0 radical (unpaired) electrons. The summed E-state index contributed by atoms with van der Waals surface area (Å²) in [6.45, 7) is 0. The first kappa shape index (κ1) is 7.25. The van der Waals surface area contributed by atoms with Crippen molar-refractivity contribution in [2.24, 2.45) is 10.2 Å². The minimum Gasteiger partial charge on any atom is -0.332 e. The van der Waals surface area contributed by atoms with Gasteiger partial charge in [0, 0.05) is 7.05 Å². The van der Waals surface area contributed by atoms with E-state index < -0.39 is 5.69 Å². The highest BCUT2D eigenvalue weighted by molar-refractivity contribution is 5.08. The van der Waals surface area contributed by atoms with Crippen LogP contribution in [-0.4, -0.2) is 27.1 Å². The van der Waals surface area contributed by atoms with Crippen molar-refractivity contribution >= 4 is 5.95 Å². The highest BCUT2D eigenvalue weighted by atomic mass is 16.2. The molecule has 2 N–H and O–H groups in total. The van der Waals surface area contributed by atoms with Gasteiger partial charge < -0.3 is 5.84 Å². The van der Waals surface area contributed by atoms with E-state index in [1.807, 2.05) is 0 Å². The molecule has 8 nitrogen and oxygen atoms in total. The predicted molar refractivity (Wildman–Crippen MR) is 34.7 cm³/mol. The summed E-state index contributed by atoms with van der Waals surface area (Å²) in [7, 11) is 1.42. The molecule has 1 aromatic heterocycles. The fraction of sp³-hybridized carbons (Fsp3) is 0.333. The van der Waals surface area contributed by atoms with E-state index in [4.69, 9.17) is 5.84 Å². The second-order valence-corrected chi connectivity index (χ2v) is 1.54. The first-order valence-electron chi connectivity index (χ1n) is 2.63. The van der Waals surface area contributed by atoms with Crippen molar-refractivity contribution in [1.29, 1.82) is 0 Å². The van der Waals surface area contributed by atoms with Gasteiger partial charge in [-0.15, -0.1) is 5.11 Å². The van der Waals surface area contributed by atoms with E-state index in [9.17, 15) is 4.79 Å². The molecule has 0 atom stereocenters. The number of nitrogen functional groups attached to an aromatic ring is 1. The van der Waals surface area contributed by atoms with E-state index in [0.717, 1.165) is 0 Å². The van der Waals surface area contributed by atoms with Crippen LogP contribution in [0.1, 0.15) is 0 Å². The second kappa shape index (κ2) is 2.82. The minimum absolute atomic E-state index is 0.0764. The zero-order valence-corrected chi connectivity index (χ0v) is 5.67. The van der Waals surface area contributed by atoms with Crippen LogP contribution < -0.4 is 11.5 Å². The van der Waals surface area contributed by atoms with Crippen molar-refractivity contribution in [3.05, 3.63) is 10.5 Å². The highest BCUT2D eigenvalue weighted by Gasteiger charge is 1.99. The Hall–Kier alpha value is -1.86. The first-order chi connectivity index (χ1) is 5.25. The summed E-state index contributed by atoms with van der Waals surface area (Å²) < 4.78 is 0.653. The van der Waals surface area contributed by atoms with Crippen LogP contribution in [0.5, 0.6) is 0 Å². The van der Waals surface area contributed by atoms with Gasteiger partial charge in [-0.25, -0.2) is 4.79 Å². The van der Waals surface area contributed by atoms with Gasteiger partial charge in [-0.1, -0.05) is 10.2 Å². The molecular formula is C3H5N7O. The molecule has 0 fully saturated rings. The van der Waals surface area contributed by atoms with Gasteiger partial charge in [-0.2, -0.15) is 9.79 Å². The molecule has 0 bridgehead atoms. The van der Waals surface area contributed by atoms with Crippen molar-refractivity contribution < 1.29 is 0 Å². The molecule has 0 amide bonds. The van der Waals surface area contributed by atoms with Crippen LogP contribution in [-0.2, 0) is 0 Å². The molecule has 1 heterocycles. The summed E-state index contributed by atoms with van der Waals surface area (Å²) in [6, 6.07) is 0. The molecule has 0 spiro atoms. The molecule has 0 aliphatic rings. The maximum Gasteiger partial charge on any atom is 0.389 e. The third-order valence-corrected chi connectivity index (χ3v) is 0.875. The Morgan fingerprint density at radius 3 is 2.91 bits per heavy atom. The Labute approximate surface area is 60.7 Å². The number of nitrogens with zero attached hydrogens (tertiary/aromatic N) is 6. The molecular weight excluding hydrogens is 150 g/mol. The van der Waals surface area contributed by atoms with Crippen molar-refractivity contribution in [2.45, 2.75) is 0 Å². The topological polar surface area (TPSA) is 111 Å². The van der Waals surface area contributed by atoms with E-state index in [0.29, 0.717) is 4.68 Å². The zero-order valence-electron chi connectivity index (χ0n) is 5.67. The fourth-order valence-electron chi connectivity index (χ4n) is 0.440. The molecule has 0 aromatic carbocycles. The Kier molecular flexibility index (Phi) is 1.86. The summed E-state index contributed by atoms with van der Waals surface area (Å²) in [4.78, 5) is 10.6. The van der Waals surface area contributed by atoms with E-state index in [1.54, 1.807) is 0 Å². The average molecular weight is 155 g/mol. The van der Waals surface area contributed by atoms with Crippen LogP contribution in [0.4, 0.5) is 5.95 Å². The summed E-state index contributed by atoms with van der Waals surface area (Å²) >= 11 is 0. The van der Waals surface area contributed by atoms with Crippen molar-refractivity contribution in [3.63, 3.8) is 0 Å². The lowest BCUT2D eigenvalue weighted by Gasteiger charge is -1.94. The number of nitrogens with two attached hydrogens (primary N) is 1. The van der Waals surface area contributed by atoms with E-state index in [-0.39, 0.29) is 5.95 Å². The van der Waals surface area contributed by atoms with E-state index in [1.165, 1.54) is 7.05 Å². The van der Waals surface area contributed by atoms with Gasteiger partial charge in [0.1, 0.15) is 0 Å². The van der Waals surface area contributed by atoms with Crippen LogP contribution in [0.2, 0.25) is 0 Å².